The Hall–Kier alpha value is -2.31. The Morgan fingerprint density at radius 1 is 1.21 bits per heavy atom. The van der Waals surface area contributed by atoms with Gasteiger partial charge in [0.1, 0.15) is 5.75 Å². The van der Waals surface area contributed by atoms with Crippen LogP contribution in [-0.4, -0.2) is 11.1 Å². The lowest BCUT2D eigenvalue weighted by molar-refractivity contribution is 0.476. The first-order valence-electron chi connectivity index (χ1n) is 6.28. The molecular formula is C16H14N2O. The van der Waals surface area contributed by atoms with Gasteiger partial charge in [0, 0.05) is 17.5 Å². The van der Waals surface area contributed by atoms with E-state index in [1.165, 1.54) is 0 Å². The third-order valence-corrected chi connectivity index (χ3v) is 3.59. The summed E-state index contributed by atoms with van der Waals surface area (Å²) in [6.45, 7) is 0. The van der Waals surface area contributed by atoms with Crippen molar-refractivity contribution < 1.29 is 5.11 Å². The summed E-state index contributed by atoms with van der Waals surface area (Å²) in [7, 11) is 0. The summed E-state index contributed by atoms with van der Waals surface area (Å²) in [5.74, 6) is 0.622. The largest absolute Gasteiger partial charge is 0.507 e. The molecule has 2 aromatic rings. The molecule has 0 radical (unpaired) electrons. The predicted molar refractivity (Wildman–Crippen MR) is 73.6 cm³/mol. The van der Waals surface area contributed by atoms with Crippen molar-refractivity contribution in [3.05, 3.63) is 53.6 Å². The van der Waals surface area contributed by atoms with Crippen molar-refractivity contribution in [2.24, 2.45) is 5.73 Å². The fourth-order valence-electron chi connectivity index (χ4n) is 2.38. The van der Waals surface area contributed by atoms with Gasteiger partial charge in [-0.1, -0.05) is 24.3 Å². The van der Waals surface area contributed by atoms with Crippen molar-refractivity contribution in [2.45, 2.75) is 18.4 Å². The summed E-state index contributed by atoms with van der Waals surface area (Å²) >= 11 is 0. The van der Waals surface area contributed by atoms with Crippen molar-refractivity contribution in [2.75, 3.05) is 0 Å². The van der Waals surface area contributed by atoms with Crippen molar-refractivity contribution in [3.63, 3.8) is 0 Å². The summed E-state index contributed by atoms with van der Waals surface area (Å²) in [6.07, 6.45) is 0.989. The molecule has 3 N–H and O–H groups in total. The zero-order valence-electron chi connectivity index (χ0n) is 10.4. The smallest absolute Gasteiger partial charge is 0.123 e. The van der Waals surface area contributed by atoms with Crippen molar-refractivity contribution in [1.82, 2.24) is 0 Å². The van der Waals surface area contributed by atoms with E-state index in [1.54, 1.807) is 18.2 Å². The van der Waals surface area contributed by atoms with Gasteiger partial charge in [0.2, 0.25) is 0 Å². The maximum atomic E-state index is 10.1. The van der Waals surface area contributed by atoms with Crippen LogP contribution in [0.5, 0.6) is 5.75 Å². The van der Waals surface area contributed by atoms with Gasteiger partial charge in [-0.05, 0) is 35.7 Å². The predicted octanol–water partition coefficient (Wildman–Crippen LogP) is 2.75. The van der Waals surface area contributed by atoms with Crippen LogP contribution in [0.2, 0.25) is 0 Å². The van der Waals surface area contributed by atoms with Crippen molar-refractivity contribution >= 4 is 0 Å². The second-order valence-electron chi connectivity index (χ2n) is 4.98. The molecule has 0 aliphatic heterocycles. The minimum Gasteiger partial charge on any atom is -0.507 e. The summed E-state index contributed by atoms with van der Waals surface area (Å²) in [5.41, 5.74) is 9.09. The first kappa shape index (κ1) is 11.8. The Labute approximate surface area is 111 Å². The molecule has 1 aliphatic carbocycles. The Bertz CT molecular complexity index is 673. The molecule has 3 rings (SSSR count). The minimum absolute atomic E-state index is 0.229. The Morgan fingerprint density at radius 2 is 2.00 bits per heavy atom. The van der Waals surface area contributed by atoms with Gasteiger partial charge in [0.15, 0.2) is 0 Å². The average Bonchev–Trinajstić information content (AvgIpc) is 3.16. The van der Waals surface area contributed by atoms with E-state index in [4.69, 9.17) is 11.0 Å². The third-order valence-electron chi connectivity index (χ3n) is 3.59. The molecular weight excluding hydrogens is 236 g/mol. The first-order valence-corrected chi connectivity index (χ1v) is 6.28. The number of aromatic hydroxyl groups is 1. The molecule has 94 valence electrons. The summed E-state index contributed by atoms with van der Waals surface area (Å²) in [6, 6.07) is 15.2. The molecule has 0 bridgehead atoms. The van der Waals surface area contributed by atoms with E-state index in [-0.39, 0.29) is 11.8 Å². The molecule has 0 unspecified atom stereocenters. The molecule has 1 saturated carbocycles. The van der Waals surface area contributed by atoms with Gasteiger partial charge < -0.3 is 10.8 Å². The lowest BCUT2D eigenvalue weighted by Crippen LogP contribution is -2.00. The van der Waals surface area contributed by atoms with Gasteiger partial charge in [-0.15, -0.1) is 0 Å². The molecule has 1 aliphatic rings. The number of hydrogen-bond acceptors (Lipinski definition) is 3. The number of nitrogens with zero attached hydrogens (tertiary/aromatic N) is 1. The maximum Gasteiger partial charge on any atom is 0.123 e. The Balaban J connectivity index is 1.99. The third kappa shape index (κ3) is 2.18. The summed E-state index contributed by atoms with van der Waals surface area (Å²) in [5, 5.41) is 19.1. The molecule has 0 amide bonds. The van der Waals surface area contributed by atoms with Crippen molar-refractivity contribution in [3.8, 4) is 22.9 Å². The van der Waals surface area contributed by atoms with Crippen LogP contribution in [0.3, 0.4) is 0 Å². The lowest BCUT2D eigenvalue weighted by Gasteiger charge is -2.07. The molecule has 2 atom stereocenters. The van der Waals surface area contributed by atoms with E-state index in [0.717, 1.165) is 23.1 Å². The number of phenolic OH excluding ortho intramolecular Hbond substituents is 1. The SMILES string of the molecule is N#Cc1cccc(-c2ccc([C@@H]3C[C@H]3N)cc2O)c1. The number of rotatable bonds is 2. The van der Waals surface area contributed by atoms with E-state index in [1.807, 2.05) is 24.3 Å². The monoisotopic (exact) mass is 250 g/mol. The fourth-order valence-corrected chi connectivity index (χ4v) is 2.38. The molecule has 0 spiro atoms. The number of benzene rings is 2. The quantitative estimate of drug-likeness (QED) is 0.861. The van der Waals surface area contributed by atoms with Gasteiger partial charge in [-0.3, -0.25) is 0 Å². The second-order valence-corrected chi connectivity index (χ2v) is 4.98. The average molecular weight is 250 g/mol. The van der Waals surface area contributed by atoms with Crippen LogP contribution in [0, 0.1) is 11.3 Å². The highest BCUT2D eigenvalue weighted by Crippen LogP contribution is 2.42. The Kier molecular flexibility index (Phi) is 2.73. The molecule has 0 saturated heterocycles. The summed E-state index contributed by atoms with van der Waals surface area (Å²) in [4.78, 5) is 0. The van der Waals surface area contributed by atoms with E-state index in [9.17, 15) is 5.11 Å². The van der Waals surface area contributed by atoms with Crippen molar-refractivity contribution in [1.29, 1.82) is 5.26 Å². The molecule has 3 nitrogen and oxygen atoms in total. The van der Waals surface area contributed by atoms with Crippen LogP contribution in [-0.2, 0) is 0 Å². The highest BCUT2D eigenvalue weighted by Gasteiger charge is 2.35. The van der Waals surface area contributed by atoms with Crippen LogP contribution in [0.1, 0.15) is 23.5 Å². The maximum absolute atomic E-state index is 10.1. The lowest BCUT2D eigenvalue weighted by atomic mass is 9.99. The molecule has 3 heteroatoms. The van der Waals surface area contributed by atoms with Crippen LogP contribution in [0.25, 0.3) is 11.1 Å². The molecule has 2 aromatic carbocycles. The topological polar surface area (TPSA) is 70.0 Å². The minimum atomic E-state index is 0.229. The summed E-state index contributed by atoms with van der Waals surface area (Å²) < 4.78 is 0. The highest BCUT2D eigenvalue weighted by molar-refractivity contribution is 5.71. The van der Waals surface area contributed by atoms with Crippen LogP contribution in [0.15, 0.2) is 42.5 Å². The fraction of sp³-hybridized carbons (Fsp3) is 0.188. The van der Waals surface area contributed by atoms with E-state index >= 15 is 0 Å². The zero-order valence-corrected chi connectivity index (χ0v) is 10.4. The molecule has 0 aromatic heterocycles. The number of nitrogens with two attached hydrogens (primary N) is 1. The zero-order chi connectivity index (χ0) is 13.4. The van der Waals surface area contributed by atoms with Gasteiger partial charge in [-0.25, -0.2) is 0 Å². The van der Waals surface area contributed by atoms with Gasteiger partial charge in [-0.2, -0.15) is 5.26 Å². The standard InChI is InChI=1S/C16H14N2O/c17-9-10-2-1-3-11(6-10)13-5-4-12(7-16(13)19)14-8-15(14)18/h1-7,14-15,19H,8,18H2/t14-,15+/m0/s1. The number of phenols is 1. The molecule has 1 fully saturated rings. The van der Waals surface area contributed by atoms with Gasteiger partial charge in [0.05, 0.1) is 11.6 Å². The van der Waals surface area contributed by atoms with Gasteiger partial charge >= 0.3 is 0 Å². The van der Waals surface area contributed by atoms with E-state index in [0.29, 0.717) is 11.5 Å². The van der Waals surface area contributed by atoms with Crippen LogP contribution in [0.4, 0.5) is 0 Å². The Morgan fingerprint density at radius 3 is 2.63 bits per heavy atom. The van der Waals surface area contributed by atoms with E-state index < -0.39 is 0 Å². The van der Waals surface area contributed by atoms with Crippen LogP contribution < -0.4 is 5.73 Å². The van der Waals surface area contributed by atoms with Crippen LogP contribution >= 0.6 is 0 Å². The number of nitriles is 1. The van der Waals surface area contributed by atoms with Gasteiger partial charge in [0.25, 0.3) is 0 Å². The second kappa shape index (κ2) is 4.42. The molecule has 0 heterocycles. The normalized spacial score (nSPS) is 20.8. The molecule has 19 heavy (non-hydrogen) atoms. The van der Waals surface area contributed by atoms with E-state index in [2.05, 4.69) is 6.07 Å². The highest BCUT2D eigenvalue weighted by atomic mass is 16.3. The number of hydrogen-bond donors (Lipinski definition) is 2. The first-order chi connectivity index (χ1) is 9.19.